The van der Waals surface area contributed by atoms with Gasteiger partial charge in [-0.05, 0) is 45.8 Å². The first-order valence-electron chi connectivity index (χ1n) is 18.4. The molecule has 41 heavy (non-hydrogen) atoms. The number of rotatable bonds is 33. The van der Waals surface area contributed by atoms with Gasteiger partial charge in [0.2, 0.25) is 0 Å². The van der Waals surface area contributed by atoms with Crippen molar-refractivity contribution in [3.8, 4) is 0 Å². The average molecular weight is 585 g/mol. The van der Waals surface area contributed by atoms with E-state index in [9.17, 15) is 15.3 Å². The van der Waals surface area contributed by atoms with Gasteiger partial charge in [0.25, 0.3) is 0 Å². The first-order chi connectivity index (χ1) is 19.9. The van der Waals surface area contributed by atoms with Crippen molar-refractivity contribution in [2.75, 3.05) is 39.8 Å². The van der Waals surface area contributed by atoms with Gasteiger partial charge in [-0.2, -0.15) is 0 Å². The minimum Gasteiger partial charge on any atom is -0.392 e. The Hall–Kier alpha value is -0.200. The smallest absolute Gasteiger partial charge is 0.0667 e. The van der Waals surface area contributed by atoms with Crippen LogP contribution in [-0.2, 0) is 0 Å². The van der Waals surface area contributed by atoms with Crippen molar-refractivity contribution in [1.29, 1.82) is 0 Å². The van der Waals surface area contributed by atoms with Crippen LogP contribution in [0.5, 0.6) is 0 Å². The van der Waals surface area contributed by atoms with Crippen LogP contribution in [0, 0.1) is 0 Å². The van der Waals surface area contributed by atoms with Crippen molar-refractivity contribution in [2.24, 2.45) is 0 Å². The third-order valence-electron chi connectivity index (χ3n) is 8.73. The molecule has 0 aromatic carbocycles. The van der Waals surface area contributed by atoms with Crippen molar-refractivity contribution in [1.82, 2.24) is 9.80 Å². The molecule has 0 fully saturated rings. The molecule has 0 spiro atoms. The summed E-state index contributed by atoms with van der Waals surface area (Å²) in [5, 5.41) is 31.4. The highest BCUT2D eigenvalue weighted by Crippen LogP contribution is 2.14. The molecule has 0 aromatic heterocycles. The first-order valence-corrected chi connectivity index (χ1v) is 18.4. The predicted molar refractivity (Wildman–Crippen MR) is 180 cm³/mol. The molecule has 3 atom stereocenters. The molecule has 3 N–H and O–H groups in total. The Kier molecular flexibility index (Phi) is 31.1. The summed E-state index contributed by atoms with van der Waals surface area (Å²) in [7, 11) is 2.10. The van der Waals surface area contributed by atoms with Crippen molar-refractivity contribution in [3.63, 3.8) is 0 Å². The minimum atomic E-state index is -0.333. The zero-order valence-corrected chi connectivity index (χ0v) is 28.5. The van der Waals surface area contributed by atoms with Crippen LogP contribution in [0.15, 0.2) is 0 Å². The lowest BCUT2D eigenvalue weighted by Gasteiger charge is -2.28. The second-order valence-corrected chi connectivity index (χ2v) is 13.2. The summed E-state index contributed by atoms with van der Waals surface area (Å²) in [5.74, 6) is 0. The fraction of sp³-hybridized carbons (Fsp3) is 1.00. The van der Waals surface area contributed by atoms with E-state index in [0.717, 1.165) is 58.2 Å². The molecule has 0 radical (unpaired) electrons. The van der Waals surface area contributed by atoms with Crippen LogP contribution in [0.25, 0.3) is 0 Å². The number of aliphatic hydroxyl groups excluding tert-OH is 3. The summed E-state index contributed by atoms with van der Waals surface area (Å²) in [6.45, 7) is 10.4. The van der Waals surface area contributed by atoms with E-state index in [1.807, 2.05) is 6.92 Å². The van der Waals surface area contributed by atoms with Gasteiger partial charge in [-0.1, -0.05) is 149 Å². The van der Waals surface area contributed by atoms with E-state index >= 15 is 0 Å². The molecule has 0 heterocycles. The van der Waals surface area contributed by atoms with E-state index in [1.54, 1.807) is 0 Å². The molecule has 0 aliphatic rings. The number of unbranched alkanes of at least 4 members (excludes halogenated alkanes) is 18. The second-order valence-electron chi connectivity index (χ2n) is 13.2. The van der Waals surface area contributed by atoms with Gasteiger partial charge in [0, 0.05) is 19.6 Å². The van der Waals surface area contributed by atoms with E-state index in [0.29, 0.717) is 13.1 Å². The van der Waals surface area contributed by atoms with E-state index in [-0.39, 0.29) is 18.3 Å². The lowest BCUT2D eigenvalue weighted by atomic mass is 10.0. The molecule has 0 saturated carbocycles. The number of likely N-dealkylation sites (N-methyl/N-ethyl adjacent to an activating group) is 1. The van der Waals surface area contributed by atoms with E-state index in [4.69, 9.17) is 0 Å². The summed E-state index contributed by atoms with van der Waals surface area (Å²) < 4.78 is 0. The molecular weight excluding hydrogens is 508 g/mol. The molecule has 248 valence electrons. The van der Waals surface area contributed by atoms with Gasteiger partial charge in [0.15, 0.2) is 0 Å². The standard InChI is InChI=1S/C36H76N2O3/c1-5-8-10-12-14-16-18-20-22-24-27-35(40)31-37(4)29-26-30-38(32-34(39)7-3)33-36(41)28-25-23-21-19-17-15-13-11-9-6-2/h34-36,39-41H,5-33H2,1-4H3. The van der Waals surface area contributed by atoms with Crippen molar-refractivity contribution >= 4 is 0 Å². The Morgan fingerprint density at radius 3 is 1.20 bits per heavy atom. The van der Waals surface area contributed by atoms with E-state index in [2.05, 4.69) is 30.7 Å². The highest BCUT2D eigenvalue weighted by Gasteiger charge is 2.16. The Morgan fingerprint density at radius 1 is 0.415 bits per heavy atom. The molecule has 0 saturated heterocycles. The maximum atomic E-state index is 10.7. The van der Waals surface area contributed by atoms with Crippen LogP contribution in [0.1, 0.15) is 175 Å². The van der Waals surface area contributed by atoms with Crippen molar-refractivity contribution in [3.05, 3.63) is 0 Å². The summed E-state index contributed by atoms with van der Waals surface area (Å²) in [6, 6.07) is 0. The van der Waals surface area contributed by atoms with Gasteiger partial charge in [0.05, 0.1) is 18.3 Å². The topological polar surface area (TPSA) is 67.2 Å². The van der Waals surface area contributed by atoms with Gasteiger partial charge in [0.1, 0.15) is 0 Å². The minimum absolute atomic E-state index is 0.241. The summed E-state index contributed by atoms with van der Waals surface area (Å²) in [5.41, 5.74) is 0. The van der Waals surface area contributed by atoms with Gasteiger partial charge in [-0.15, -0.1) is 0 Å². The highest BCUT2D eigenvalue weighted by atomic mass is 16.3. The fourth-order valence-corrected chi connectivity index (χ4v) is 5.91. The third kappa shape index (κ3) is 29.6. The zero-order chi connectivity index (χ0) is 30.4. The Balaban J connectivity index is 3.98. The maximum absolute atomic E-state index is 10.7. The Morgan fingerprint density at radius 2 is 0.780 bits per heavy atom. The molecule has 0 aliphatic heterocycles. The van der Waals surface area contributed by atoms with Crippen LogP contribution in [0.3, 0.4) is 0 Å². The van der Waals surface area contributed by atoms with Gasteiger partial charge in [-0.25, -0.2) is 0 Å². The molecule has 3 unspecified atom stereocenters. The maximum Gasteiger partial charge on any atom is 0.0667 e. The number of hydrogen-bond donors (Lipinski definition) is 3. The summed E-state index contributed by atoms with van der Waals surface area (Å²) in [6.07, 6.45) is 29.1. The summed E-state index contributed by atoms with van der Waals surface area (Å²) >= 11 is 0. The molecule has 0 aliphatic carbocycles. The van der Waals surface area contributed by atoms with Gasteiger partial charge in [-0.3, -0.25) is 4.90 Å². The molecule has 0 aromatic rings. The van der Waals surface area contributed by atoms with Crippen LogP contribution in [0.2, 0.25) is 0 Å². The number of hydrogen-bond acceptors (Lipinski definition) is 5. The van der Waals surface area contributed by atoms with E-state index < -0.39 is 0 Å². The van der Waals surface area contributed by atoms with Crippen LogP contribution in [0.4, 0.5) is 0 Å². The molecule has 0 rings (SSSR count). The van der Waals surface area contributed by atoms with Gasteiger partial charge < -0.3 is 20.2 Å². The fourth-order valence-electron chi connectivity index (χ4n) is 5.91. The molecule has 0 bridgehead atoms. The Bertz CT molecular complexity index is 507. The normalized spacial score (nSPS) is 14.3. The molecule has 5 heteroatoms. The van der Waals surface area contributed by atoms with Crippen molar-refractivity contribution < 1.29 is 15.3 Å². The SMILES string of the molecule is CCCCCCCCCCCCC(O)CN(C)CCCN(CC(O)CC)CC(O)CCCCCCCCCCCC. The average Bonchev–Trinajstić information content (AvgIpc) is 2.94. The highest BCUT2D eigenvalue weighted by molar-refractivity contribution is 4.70. The molecule has 0 amide bonds. The molecule has 5 nitrogen and oxygen atoms in total. The first kappa shape index (κ1) is 40.8. The zero-order valence-electron chi connectivity index (χ0n) is 28.5. The number of aliphatic hydroxyl groups is 3. The van der Waals surface area contributed by atoms with Crippen molar-refractivity contribution in [2.45, 2.75) is 193 Å². The largest absolute Gasteiger partial charge is 0.392 e. The van der Waals surface area contributed by atoms with Gasteiger partial charge >= 0.3 is 0 Å². The third-order valence-corrected chi connectivity index (χ3v) is 8.73. The van der Waals surface area contributed by atoms with Crippen LogP contribution < -0.4 is 0 Å². The molecular formula is C36H76N2O3. The monoisotopic (exact) mass is 585 g/mol. The van der Waals surface area contributed by atoms with E-state index in [1.165, 1.54) is 116 Å². The predicted octanol–water partition coefficient (Wildman–Crippen LogP) is 8.73. The van der Waals surface area contributed by atoms with Crippen LogP contribution >= 0.6 is 0 Å². The Labute approximate surface area is 257 Å². The quantitative estimate of drug-likeness (QED) is 0.0673. The lowest BCUT2D eigenvalue weighted by molar-refractivity contribution is 0.0600. The summed E-state index contributed by atoms with van der Waals surface area (Å²) in [4.78, 5) is 4.50. The number of nitrogens with zero attached hydrogens (tertiary/aromatic N) is 2. The lowest BCUT2D eigenvalue weighted by Crippen LogP contribution is -2.40. The second kappa shape index (κ2) is 31.2. The van der Waals surface area contributed by atoms with Crippen LogP contribution in [-0.4, -0.2) is 83.2 Å².